The Kier molecular flexibility index (Phi) is 6.62. The van der Waals surface area contributed by atoms with E-state index in [-0.39, 0.29) is 48.1 Å². The van der Waals surface area contributed by atoms with Crippen LogP contribution >= 0.6 is 0 Å². The second-order valence-electron chi connectivity index (χ2n) is 12.3. The molecule has 0 aromatic heterocycles. The zero-order valence-corrected chi connectivity index (χ0v) is 21.5. The molecule has 0 radical (unpaired) electrons. The van der Waals surface area contributed by atoms with Crippen LogP contribution in [0.5, 0.6) is 0 Å². The molecule has 15 atom stereocenters. The summed E-state index contributed by atoms with van der Waals surface area (Å²) in [5.74, 6) is -3.33. The van der Waals surface area contributed by atoms with Gasteiger partial charge in [0.15, 0.2) is 17.9 Å². The number of ketones is 2. The maximum atomic E-state index is 14.3. The van der Waals surface area contributed by atoms with Gasteiger partial charge in [-0.15, -0.1) is 0 Å². The largest absolute Gasteiger partial charge is 0.462 e. The molecule has 3 aliphatic carbocycles. The summed E-state index contributed by atoms with van der Waals surface area (Å²) in [7, 11) is 0. The third-order valence-corrected chi connectivity index (χ3v) is 10.6. The van der Waals surface area contributed by atoms with Gasteiger partial charge in [-0.1, -0.05) is 27.7 Å². The van der Waals surface area contributed by atoms with Crippen LogP contribution in [0.25, 0.3) is 0 Å². The van der Waals surface area contributed by atoms with Gasteiger partial charge < -0.3 is 39.7 Å². The maximum absolute atomic E-state index is 14.3. The summed E-state index contributed by atoms with van der Waals surface area (Å²) in [6.45, 7) is 6.69. The highest BCUT2D eigenvalue weighted by atomic mass is 16.7. The van der Waals surface area contributed by atoms with Crippen molar-refractivity contribution in [2.45, 2.75) is 96.0 Å². The number of esters is 1. The fourth-order valence-electron chi connectivity index (χ4n) is 8.65. The lowest BCUT2D eigenvalue weighted by Crippen LogP contribution is -2.74. The standard InChI is InChI=1S/C26H38O11/c1-9-5-13(35-24-21(33)19(31)18(30)14(8-27)36-24)23(34)26(4)11(9)6-15-25(3)12(7-16(28)37-15)10(2)17(29)20(32)22(25)26/h9-15,18-22,24,27,30-33H,5-8H2,1-4H3. The minimum atomic E-state index is -1.66. The van der Waals surface area contributed by atoms with Crippen molar-refractivity contribution >= 4 is 17.5 Å². The number of ether oxygens (including phenoxy) is 3. The Morgan fingerprint density at radius 2 is 1.65 bits per heavy atom. The fourth-order valence-corrected chi connectivity index (χ4v) is 8.65. The second-order valence-corrected chi connectivity index (χ2v) is 12.3. The van der Waals surface area contributed by atoms with Crippen molar-refractivity contribution in [1.82, 2.24) is 0 Å². The van der Waals surface area contributed by atoms with Gasteiger partial charge in [-0.3, -0.25) is 14.4 Å². The molecule has 0 amide bonds. The van der Waals surface area contributed by atoms with Crippen LogP contribution in [0.2, 0.25) is 0 Å². The predicted molar refractivity (Wildman–Crippen MR) is 123 cm³/mol. The Morgan fingerprint density at radius 3 is 2.30 bits per heavy atom. The Morgan fingerprint density at radius 1 is 0.973 bits per heavy atom. The van der Waals surface area contributed by atoms with Crippen molar-refractivity contribution in [3.05, 3.63) is 0 Å². The molecule has 208 valence electrons. The zero-order chi connectivity index (χ0) is 27.2. The number of hydrogen-bond acceptors (Lipinski definition) is 11. The van der Waals surface area contributed by atoms with E-state index in [0.717, 1.165) is 0 Å². The van der Waals surface area contributed by atoms with Gasteiger partial charge in [0.1, 0.15) is 42.7 Å². The van der Waals surface area contributed by atoms with Gasteiger partial charge in [-0.2, -0.15) is 0 Å². The number of carbonyl (C=O) groups excluding carboxylic acids is 3. The molecule has 2 saturated heterocycles. The van der Waals surface area contributed by atoms with Gasteiger partial charge in [0.2, 0.25) is 0 Å². The van der Waals surface area contributed by atoms with Gasteiger partial charge in [0, 0.05) is 29.1 Å². The van der Waals surface area contributed by atoms with Crippen LogP contribution in [0.15, 0.2) is 0 Å². The van der Waals surface area contributed by atoms with Gasteiger partial charge in [0.05, 0.1) is 6.61 Å². The minimum absolute atomic E-state index is 0.0401. The summed E-state index contributed by atoms with van der Waals surface area (Å²) in [6, 6.07) is 0. The van der Waals surface area contributed by atoms with Crippen LogP contribution in [-0.2, 0) is 28.6 Å². The van der Waals surface area contributed by atoms with E-state index in [4.69, 9.17) is 14.2 Å². The number of fused-ring (bicyclic) bond motifs is 2. The van der Waals surface area contributed by atoms with Gasteiger partial charge in [-0.25, -0.2) is 0 Å². The highest BCUT2D eigenvalue weighted by Gasteiger charge is 2.73. The van der Waals surface area contributed by atoms with E-state index in [0.29, 0.717) is 6.42 Å². The van der Waals surface area contributed by atoms with Crippen LogP contribution in [0.1, 0.15) is 47.0 Å². The van der Waals surface area contributed by atoms with Crippen LogP contribution < -0.4 is 0 Å². The van der Waals surface area contributed by atoms with Crippen molar-refractivity contribution in [2.75, 3.05) is 6.61 Å². The molecule has 11 nitrogen and oxygen atoms in total. The summed E-state index contributed by atoms with van der Waals surface area (Å²) in [5.41, 5.74) is -2.02. The van der Waals surface area contributed by atoms with E-state index in [1.165, 1.54) is 0 Å². The highest BCUT2D eigenvalue weighted by molar-refractivity contribution is 5.94. The quantitative estimate of drug-likeness (QED) is 0.223. The molecule has 0 spiro atoms. The number of aliphatic hydroxyl groups is 5. The molecule has 2 heterocycles. The number of rotatable bonds is 3. The molecule has 15 unspecified atom stereocenters. The van der Waals surface area contributed by atoms with E-state index in [1.54, 1.807) is 13.8 Å². The maximum Gasteiger partial charge on any atom is 0.306 e. The molecule has 2 aliphatic heterocycles. The molecule has 0 aromatic carbocycles. The molecular formula is C26H38O11. The molecule has 5 N–H and O–H groups in total. The highest BCUT2D eigenvalue weighted by Crippen LogP contribution is 2.67. The summed E-state index contributed by atoms with van der Waals surface area (Å²) in [6.07, 6.45) is -9.90. The van der Waals surface area contributed by atoms with Gasteiger partial charge in [-0.05, 0) is 30.6 Å². The van der Waals surface area contributed by atoms with Crippen molar-refractivity contribution in [2.24, 2.45) is 40.4 Å². The molecule has 5 aliphatic rings. The number of hydrogen-bond donors (Lipinski definition) is 5. The molecule has 3 saturated carbocycles. The fraction of sp³-hybridized carbons (Fsp3) is 0.885. The first kappa shape index (κ1) is 27.1. The first-order valence-corrected chi connectivity index (χ1v) is 13.2. The van der Waals surface area contributed by atoms with Crippen LogP contribution in [0.3, 0.4) is 0 Å². The van der Waals surface area contributed by atoms with Crippen LogP contribution in [0.4, 0.5) is 0 Å². The Bertz CT molecular complexity index is 968. The Balaban J connectivity index is 1.51. The van der Waals surface area contributed by atoms with Gasteiger partial charge >= 0.3 is 5.97 Å². The van der Waals surface area contributed by atoms with Crippen molar-refractivity contribution in [3.63, 3.8) is 0 Å². The minimum Gasteiger partial charge on any atom is -0.462 e. The monoisotopic (exact) mass is 526 g/mol. The number of carbonyl (C=O) groups is 3. The summed E-state index contributed by atoms with van der Waals surface area (Å²) >= 11 is 0. The molecule has 37 heavy (non-hydrogen) atoms. The Labute approximate surface area is 215 Å². The third kappa shape index (κ3) is 3.62. The molecule has 11 heteroatoms. The lowest BCUT2D eigenvalue weighted by atomic mass is 9.37. The normalized spacial score (nSPS) is 55.8. The lowest BCUT2D eigenvalue weighted by molar-refractivity contribution is -0.315. The first-order valence-electron chi connectivity index (χ1n) is 13.2. The molecule has 0 aromatic rings. The van der Waals surface area contributed by atoms with E-state index >= 15 is 0 Å². The topological polar surface area (TPSA) is 180 Å². The smallest absolute Gasteiger partial charge is 0.306 e. The van der Waals surface area contributed by atoms with Crippen molar-refractivity contribution in [3.8, 4) is 0 Å². The molecular weight excluding hydrogens is 488 g/mol. The number of Topliss-reactive ketones (excluding diaryl/α,β-unsaturated/α-hetero) is 2. The van der Waals surface area contributed by atoms with Crippen LogP contribution in [-0.4, -0.2) is 98.7 Å². The first-order chi connectivity index (χ1) is 17.3. The summed E-state index contributed by atoms with van der Waals surface area (Å²) in [5, 5.41) is 51.6. The SMILES string of the molecule is CC1CC(OC2OC(CO)C(O)C(O)C2O)C(=O)C2(C)C1CC1OC(=O)CC3C(C)C(=O)C(O)C2C13C. The third-order valence-electron chi connectivity index (χ3n) is 10.6. The average molecular weight is 527 g/mol. The molecule has 5 rings (SSSR count). The Hall–Kier alpha value is -1.47. The summed E-state index contributed by atoms with van der Waals surface area (Å²) in [4.78, 5) is 40.0. The molecule has 0 bridgehead atoms. The van der Waals surface area contributed by atoms with Crippen LogP contribution in [0, 0.1) is 40.4 Å². The lowest BCUT2D eigenvalue weighted by Gasteiger charge is -2.67. The predicted octanol–water partition coefficient (Wildman–Crippen LogP) is -1.06. The van der Waals surface area contributed by atoms with Crippen molar-refractivity contribution < 1.29 is 54.1 Å². The second kappa shape index (κ2) is 9.04. The van der Waals surface area contributed by atoms with Crippen molar-refractivity contribution in [1.29, 1.82) is 0 Å². The van der Waals surface area contributed by atoms with E-state index in [1.807, 2.05) is 13.8 Å². The number of aliphatic hydroxyl groups excluding tert-OH is 5. The van der Waals surface area contributed by atoms with E-state index in [2.05, 4.69) is 0 Å². The summed E-state index contributed by atoms with van der Waals surface area (Å²) < 4.78 is 17.3. The average Bonchev–Trinajstić information content (AvgIpc) is 2.85. The zero-order valence-electron chi connectivity index (χ0n) is 21.5. The van der Waals surface area contributed by atoms with Gasteiger partial charge in [0.25, 0.3) is 0 Å². The van der Waals surface area contributed by atoms with E-state index < -0.39 is 78.3 Å². The van der Waals surface area contributed by atoms with E-state index in [9.17, 15) is 39.9 Å². The molecule has 5 fully saturated rings.